The molecule has 0 bridgehead atoms. The Morgan fingerprint density at radius 3 is 2.91 bits per heavy atom. The van der Waals surface area contributed by atoms with Crippen LogP contribution in [0.5, 0.6) is 0 Å². The number of aliphatic imine (C=N–C) groups is 1. The molecule has 0 atom stereocenters. The fourth-order valence-corrected chi connectivity index (χ4v) is 1.46. The first-order valence-corrected chi connectivity index (χ1v) is 3.84. The average Bonchev–Trinajstić information content (AvgIpc) is 2.40. The number of hydrogen-bond acceptors (Lipinski definition) is 3. The lowest BCUT2D eigenvalue weighted by atomic mass is 10.4. The third-order valence-corrected chi connectivity index (χ3v) is 2.09. The van der Waals surface area contributed by atoms with Crippen molar-refractivity contribution in [2.24, 2.45) is 10.8 Å². The van der Waals surface area contributed by atoms with E-state index in [1.54, 1.807) is 12.4 Å². The lowest BCUT2D eigenvalue weighted by molar-refractivity contribution is 0.630. The first-order valence-electron chi connectivity index (χ1n) is 2.96. The Labute approximate surface area is 67.7 Å². The molecular weight excluding hydrogens is 165 g/mol. The molecule has 0 saturated carbocycles. The molecule has 0 spiro atoms. The predicted octanol–water partition coefficient (Wildman–Crippen LogP) is 0.727. The van der Waals surface area contributed by atoms with Crippen molar-refractivity contribution in [3.8, 4) is 0 Å². The second kappa shape index (κ2) is 3.45. The molecule has 0 aliphatic carbocycles. The van der Waals surface area contributed by atoms with Crippen LogP contribution >= 0.6 is 11.3 Å². The van der Waals surface area contributed by atoms with Crippen LogP contribution in [0.1, 0.15) is 4.88 Å². The molecule has 1 aromatic rings. The number of nitrogens with one attached hydrogen (secondary N) is 1. The van der Waals surface area contributed by atoms with Crippen LogP contribution in [0.3, 0.4) is 0 Å². The standard InChI is InChI=1S/C6H8FN3S/c1-9-6(10-8)5-4(7)2-3-11-5/h2-3H,8H2,1H3,(H,9,10). The van der Waals surface area contributed by atoms with Crippen LogP contribution in [0.2, 0.25) is 0 Å². The summed E-state index contributed by atoms with van der Waals surface area (Å²) in [5, 5.41) is 1.65. The molecule has 0 aliphatic heterocycles. The van der Waals surface area contributed by atoms with Crippen LogP contribution in [0, 0.1) is 5.82 Å². The van der Waals surface area contributed by atoms with Crippen molar-refractivity contribution in [2.45, 2.75) is 0 Å². The van der Waals surface area contributed by atoms with Gasteiger partial charge in [-0.05, 0) is 11.4 Å². The van der Waals surface area contributed by atoms with Gasteiger partial charge in [-0.25, -0.2) is 10.2 Å². The molecule has 0 aliphatic rings. The number of halogens is 1. The Morgan fingerprint density at radius 1 is 1.82 bits per heavy atom. The zero-order chi connectivity index (χ0) is 8.27. The van der Waals surface area contributed by atoms with Crippen LogP contribution in [0.25, 0.3) is 0 Å². The number of hydrogen-bond donors (Lipinski definition) is 2. The number of hydrazine groups is 1. The van der Waals surface area contributed by atoms with Gasteiger partial charge in [0.15, 0.2) is 5.84 Å². The van der Waals surface area contributed by atoms with Crippen LogP contribution in [0.4, 0.5) is 4.39 Å². The van der Waals surface area contributed by atoms with Gasteiger partial charge in [-0.3, -0.25) is 4.99 Å². The molecule has 1 aromatic heterocycles. The Hall–Kier alpha value is -0.940. The zero-order valence-corrected chi connectivity index (χ0v) is 6.78. The van der Waals surface area contributed by atoms with Gasteiger partial charge in [0, 0.05) is 7.05 Å². The number of rotatable bonds is 1. The van der Waals surface area contributed by atoms with Gasteiger partial charge in [0.05, 0.1) is 0 Å². The minimum Gasteiger partial charge on any atom is -0.308 e. The minimum absolute atomic E-state index is 0.298. The van der Waals surface area contributed by atoms with E-state index in [1.807, 2.05) is 0 Å². The third-order valence-electron chi connectivity index (χ3n) is 1.19. The van der Waals surface area contributed by atoms with Gasteiger partial charge in [-0.2, -0.15) is 0 Å². The molecule has 0 aromatic carbocycles. The zero-order valence-electron chi connectivity index (χ0n) is 5.97. The first-order chi connectivity index (χ1) is 5.29. The molecular formula is C6H8FN3S. The number of nitrogens with zero attached hydrogens (tertiary/aromatic N) is 1. The second-order valence-electron chi connectivity index (χ2n) is 1.81. The average molecular weight is 173 g/mol. The summed E-state index contributed by atoms with van der Waals surface area (Å²) in [4.78, 5) is 4.20. The van der Waals surface area contributed by atoms with Crippen molar-refractivity contribution in [3.05, 3.63) is 22.1 Å². The smallest absolute Gasteiger partial charge is 0.155 e. The van der Waals surface area contributed by atoms with E-state index < -0.39 is 0 Å². The molecule has 0 radical (unpaired) electrons. The highest BCUT2D eigenvalue weighted by Crippen LogP contribution is 2.14. The van der Waals surface area contributed by atoms with Crippen LogP contribution in [-0.2, 0) is 0 Å². The molecule has 11 heavy (non-hydrogen) atoms. The van der Waals surface area contributed by atoms with Crippen molar-refractivity contribution in [3.63, 3.8) is 0 Å². The Bertz CT molecular complexity index is 269. The number of thiophene rings is 1. The Balaban J connectivity index is 3.00. The Morgan fingerprint density at radius 2 is 2.55 bits per heavy atom. The minimum atomic E-state index is -0.298. The predicted molar refractivity (Wildman–Crippen MR) is 44.1 cm³/mol. The van der Waals surface area contributed by atoms with Gasteiger partial charge < -0.3 is 5.43 Å². The quantitative estimate of drug-likeness (QED) is 0.284. The van der Waals surface area contributed by atoms with Crippen LogP contribution in [-0.4, -0.2) is 12.9 Å². The lowest BCUT2D eigenvalue weighted by Crippen LogP contribution is -2.30. The summed E-state index contributed by atoms with van der Waals surface area (Å²) in [6.07, 6.45) is 0. The summed E-state index contributed by atoms with van der Waals surface area (Å²) in [6.45, 7) is 0. The maximum Gasteiger partial charge on any atom is 0.155 e. The number of amidine groups is 1. The molecule has 1 rings (SSSR count). The summed E-state index contributed by atoms with van der Waals surface area (Å²) in [5.74, 6) is 5.18. The van der Waals surface area contributed by atoms with E-state index in [2.05, 4.69) is 10.4 Å². The van der Waals surface area contributed by atoms with Gasteiger partial charge in [0.1, 0.15) is 10.7 Å². The highest BCUT2D eigenvalue weighted by Gasteiger charge is 2.07. The van der Waals surface area contributed by atoms with Gasteiger partial charge in [-0.1, -0.05) is 0 Å². The third kappa shape index (κ3) is 1.55. The lowest BCUT2D eigenvalue weighted by Gasteiger charge is -1.99. The molecule has 0 saturated heterocycles. The van der Waals surface area contributed by atoms with E-state index in [-0.39, 0.29) is 5.82 Å². The first kappa shape index (κ1) is 8.16. The van der Waals surface area contributed by atoms with E-state index >= 15 is 0 Å². The summed E-state index contributed by atoms with van der Waals surface area (Å²) < 4.78 is 12.8. The van der Waals surface area contributed by atoms with E-state index in [4.69, 9.17) is 5.84 Å². The summed E-state index contributed by atoms with van der Waals surface area (Å²) in [7, 11) is 1.55. The largest absolute Gasteiger partial charge is 0.308 e. The fourth-order valence-electron chi connectivity index (χ4n) is 0.694. The highest BCUT2D eigenvalue weighted by molar-refractivity contribution is 7.12. The second-order valence-corrected chi connectivity index (χ2v) is 2.73. The SMILES string of the molecule is CN=C(NN)c1sccc1F. The van der Waals surface area contributed by atoms with Gasteiger partial charge in [-0.15, -0.1) is 11.3 Å². The maximum atomic E-state index is 12.8. The van der Waals surface area contributed by atoms with Crippen molar-refractivity contribution in [1.82, 2.24) is 5.43 Å². The summed E-state index contributed by atoms with van der Waals surface area (Å²) in [6, 6.07) is 1.38. The molecule has 0 fully saturated rings. The molecule has 3 nitrogen and oxygen atoms in total. The molecule has 60 valence electrons. The monoisotopic (exact) mass is 173 g/mol. The normalized spacial score (nSPS) is 11.7. The number of nitrogens with two attached hydrogens (primary N) is 1. The molecule has 0 unspecified atom stereocenters. The molecule has 3 N–H and O–H groups in total. The van der Waals surface area contributed by atoms with Crippen molar-refractivity contribution >= 4 is 17.2 Å². The maximum absolute atomic E-state index is 12.8. The molecule has 1 heterocycles. The highest BCUT2D eigenvalue weighted by atomic mass is 32.1. The molecule has 0 amide bonds. The van der Waals surface area contributed by atoms with E-state index in [0.29, 0.717) is 10.7 Å². The van der Waals surface area contributed by atoms with Gasteiger partial charge in [0.25, 0.3) is 0 Å². The van der Waals surface area contributed by atoms with Gasteiger partial charge >= 0.3 is 0 Å². The topological polar surface area (TPSA) is 50.4 Å². The molecule has 5 heteroatoms. The van der Waals surface area contributed by atoms with Crippen molar-refractivity contribution in [1.29, 1.82) is 0 Å². The fraction of sp³-hybridized carbons (Fsp3) is 0.167. The summed E-state index contributed by atoms with van der Waals surface area (Å²) in [5.41, 5.74) is 2.32. The Kier molecular flexibility index (Phi) is 2.56. The van der Waals surface area contributed by atoms with Crippen molar-refractivity contribution in [2.75, 3.05) is 7.05 Å². The van der Waals surface area contributed by atoms with Crippen LogP contribution in [0.15, 0.2) is 16.4 Å². The van der Waals surface area contributed by atoms with E-state index in [9.17, 15) is 4.39 Å². The van der Waals surface area contributed by atoms with E-state index in [1.165, 1.54) is 17.4 Å². The van der Waals surface area contributed by atoms with E-state index in [0.717, 1.165) is 0 Å². The summed E-state index contributed by atoms with van der Waals surface area (Å²) >= 11 is 1.26. The van der Waals surface area contributed by atoms with Gasteiger partial charge in [0.2, 0.25) is 0 Å². The van der Waals surface area contributed by atoms with Crippen LogP contribution < -0.4 is 11.3 Å². The van der Waals surface area contributed by atoms with Crippen molar-refractivity contribution < 1.29 is 4.39 Å².